The van der Waals surface area contributed by atoms with E-state index in [1.807, 2.05) is 6.92 Å². The Balaban J connectivity index is 2.45. The van der Waals surface area contributed by atoms with Gasteiger partial charge in [-0.15, -0.1) is 11.3 Å². The van der Waals surface area contributed by atoms with Gasteiger partial charge in [0.1, 0.15) is 0 Å². The van der Waals surface area contributed by atoms with E-state index < -0.39 is 0 Å². The first-order valence-corrected chi connectivity index (χ1v) is 6.19. The van der Waals surface area contributed by atoms with Crippen LogP contribution in [0.3, 0.4) is 0 Å². The molecule has 1 atom stereocenters. The van der Waals surface area contributed by atoms with Gasteiger partial charge in [0.25, 0.3) is 0 Å². The largest absolute Gasteiger partial charge is 0.393 e. The molecule has 0 radical (unpaired) electrons. The maximum atomic E-state index is 9.63. The van der Waals surface area contributed by atoms with Crippen molar-refractivity contribution < 1.29 is 5.11 Å². The second kappa shape index (κ2) is 5.10. The van der Waals surface area contributed by atoms with Crippen LogP contribution in [0.5, 0.6) is 0 Å². The molecular formula is C12H21NOS. The molecule has 15 heavy (non-hydrogen) atoms. The lowest BCUT2D eigenvalue weighted by Gasteiger charge is -2.32. The molecule has 0 spiro atoms. The number of hydrogen-bond donors (Lipinski definition) is 1. The first-order valence-electron chi connectivity index (χ1n) is 5.31. The Hall–Kier alpha value is -0.380. The minimum Gasteiger partial charge on any atom is -0.393 e. The highest BCUT2D eigenvalue weighted by Gasteiger charge is 2.25. The van der Waals surface area contributed by atoms with E-state index in [-0.39, 0.29) is 11.5 Å². The fraction of sp³-hybridized carbons (Fsp3) is 0.667. The van der Waals surface area contributed by atoms with Crippen molar-refractivity contribution in [2.75, 3.05) is 13.6 Å². The molecule has 1 heterocycles. The summed E-state index contributed by atoms with van der Waals surface area (Å²) in [6, 6.07) is 4.23. The smallest absolute Gasteiger partial charge is 0.0575 e. The van der Waals surface area contributed by atoms with Gasteiger partial charge in [0, 0.05) is 23.4 Å². The number of thiophene rings is 1. The zero-order chi connectivity index (χ0) is 11.5. The van der Waals surface area contributed by atoms with Gasteiger partial charge < -0.3 is 10.0 Å². The number of aliphatic hydroxyl groups is 1. The molecule has 1 aromatic heterocycles. The van der Waals surface area contributed by atoms with Gasteiger partial charge in [-0.3, -0.25) is 0 Å². The first kappa shape index (κ1) is 12.7. The van der Waals surface area contributed by atoms with Crippen LogP contribution in [0.4, 0.5) is 0 Å². The molecule has 1 unspecified atom stereocenters. The van der Waals surface area contributed by atoms with Crippen molar-refractivity contribution in [2.45, 2.75) is 33.4 Å². The van der Waals surface area contributed by atoms with Crippen LogP contribution in [-0.4, -0.2) is 29.7 Å². The van der Waals surface area contributed by atoms with Crippen LogP contribution in [0.15, 0.2) is 17.5 Å². The van der Waals surface area contributed by atoms with E-state index >= 15 is 0 Å². The van der Waals surface area contributed by atoms with Crippen molar-refractivity contribution in [3.05, 3.63) is 22.4 Å². The van der Waals surface area contributed by atoms with Gasteiger partial charge in [0.05, 0.1) is 6.10 Å². The Morgan fingerprint density at radius 3 is 2.67 bits per heavy atom. The second-order valence-electron chi connectivity index (χ2n) is 4.92. The minimum absolute atomic E-state index is 0.0496. The molecule has 86 valence electrons. The fourth-order valence-electron chi connectivity index (χ4n) is 1.55. The molecule has 0 aromatic carbocycles. The molecule has 0 bridgehead atoms. The molecule has 1 rings (SSSR count). The Morgan fingerprint density at radius 2 is 2.20 bits per heavy atom. The van der Waals surface area contributed by atoms with Gasteiger partial charge in [0.15, 0.2) is 0 Å². The molecule has 1 N–H and O–H groups in total. The number of rotatable bonds is 5. The standard InChI is InChI=1S/C12H21NOS/c1-10(14)12(2,3)9-13(4)8-11-6-5-7-15-11/h5-7,10,14H,8-9H2,1-4H3. The first-order chi connectivity index (χ1) is 6.92. The lowest BCUT2D eigenvalue weighted by molar-refractivity contribution is 0.0394. The summed E-state index contributed by atoms with van der Waals surface area (Å²) in [7, 11) is 2.10. The fourth-order valence-corrected chi connectivity index (χ4v) is 2.34. The lowest BCUT2D eigenvalue weighted by Crippen LogP contribution is -2.38. The summed E-state index contributed by atoms with van der Waals surface area (Å²) >= 11 is 1.78. The predicted molar refractivity (Wildman–Crippen MR) is 66.1 cm³/mol. The Morgan fingerprint density at radius 1 is 1.53 bits per heavy atom. The summed E-state index contributed by atoms with van der Waals surface area (Å²) in [6.45, 7) is 7.93. The molecule has 3 heteroatoms. The van der Waals surface area contributed by atoms with E-state index in [1.54, 1.807) is 11.3 Å². The average Bonchev–Trinajstić information content (AvgIpc) is 2.54. The highest BCUT2D eigenvalue weighted by molar-refractivity contribution is 7.09. The molecule has 0 aliphatic carbocycles. The van der Waals surface area contributed by atoms with Crippen LogP contribution in [0, 0.1) is 5.41 Å². The van der Waals surface area contributed by atoms with Crippen molar-refractivity contribution in [2.24, 2.45) is 5.41 Å². The third-order valence-electron chi connectivity index (χ3n) is 2.81. The van der Waals surface area contributed by atoms with Crippen molar-refractivity contribution >= 4 is 11.3 Å². The van der Waals surface area contributed by atoms with E-state index in [2.05, 4.69) is 43.3 Å². The third-order valence-corrected chi connectivity index (χ3v) is 3.68. The SMILES string of the molecule is CC(O)C(C)(C)CN(C)Cc1cccs1. The second-order valence-corrected chi connectivity index (χ2v) is 5.95. The maximum absolute atomic E-state index is 9.63. The van der Waals surface area contributed by atoms with Gasteiger partial charge in [-0.1, -0.05) is 19.9 Å². The average molecular weight is 227 g/mol. The van der Waals surface area contributed by atoms with E-state index in [1.165, 1.54) is 4.88 Å². The Bertz CT molecular complexity index is 280. The molecule has 2 nitrogen and oxygen atoms in total. The van der Waals surface area contributed by atoms with Crippen molar-refractivity contribution in [1.29, 1.82) is 0 Å². The van der Waals surface area contributed by atoms with Crippen molar-refractivity contribution in [3.63, 3.8) is 0 Å². The van der Waals surface area contributed by atoms with E-state index in [0.29, 0.717) is 0 Å². The summed E-state index contributed by atoms with van der Waals surface area (Å²) in [5.41, 5.74) is -0.0496. The summed E-state index contributed by atoms with van der Waals surface area (Å²) in [6.07, 6.45) is -0.275. The maximum Gasteiger partial charge on any atom is 0.0575 e. The van der Waals surface area contributed by atoms with Crippen LogP contribution < -0.4 is 0 Å². The summed E-state index contributed by atoms with van der Waals surface area (Å²) in [5.74, 6) is 0. The number of hydrogen-bond acceptors (Lipinski definition) is 3. The highest BCUT2D eigenvalue weighted by Crippen LogP contribution is 2.22. The zero-order valence-corrected chi connectivity index (χ0v) is 10.8. The van der Waals surface area contributed by atoms with Crippen LogP contribution in [0.1, 0.15) is 25.6 Å². The van der Waals surface area contributed by atoms with Gasteiger partial charge in [0.2, 0.25) is 0 Å². The minimum atomic E-state index is -0.275. The van der Waals surface area contributed by atoms with Gasteiger partial charge in [-0.05, 0) is 25.4 Å². The van der Waals surface area contributed by atoms with Crippen molar-refractivity contribution in [1.82, 2.24) is 4.90 Å². The van der Waals surface area contributed by atoms with Gasteiger partial charge in [-0.2, -0.15) is 0 Å². The molecule has 0 fully saturated rings. The van der Waals surface area contributed by atoms with E-state index in [4.69, 9.17) is 0 Å². The lowest BCUT2D eigenvalue weighted by atomic mass is 9.87. The molecule has 0 saturated carbocycles. The third kappa shape index (κ3) is 3.93. The van der Waals surface area contributed by atoms with Crippen LogP contribution in [0.2, 0.25) is 0 Å². The van der Waals surface area contributed by atoms with E-state index in [0.717, 1.165) is 13.1 Å². The normalized spacial score (nSPS) is 14.5. The van der Waals surface area contributed by atoms with Crippen LogP contribution >= 0.6 is 11.3 Å². The Kier molecular flexibility index (Phi) is 4.32. The highest BCUT2D eigenvalue weighted by atomic mass is 32.1. The van der Waals surface area contributed by atoms with Gasteiger partial charge >= 0.3 is 0 Å². The number of nitrogens with zero attached hydrogens (tertiary/aromatic N) is 1. The molecule has 0 aliphatic rings. The Labute approximate surface area is 96.5 Å². The van der Waals surface area contributed by atoms with Gasteiger partial charge in [-0.25, -0.2) is 0 Å². The topological polar surface area (TPSA) is 23.5 Å². The quantitative estimate of drug-likeness (QED) is 0.836. The monoisotopic (exact) mass is 227 g/mol. The molecule has 0 amide bonds. The van der Waals surface area contributed by atoms with E-state index in [9.17, 15) is 5.11 Å². The van der Waals surface area contributed by atoms with Crippen LogP contribution in [0.25, 0.3) is 0 Å². The molecular weight excluding hydrogens is 206 g/mol. The number of aliphatic hydroxyl groups excluding tert-OH is 1. The van der Waals surface area contributed by atoms with Crippen molar-refractivity contribution in [3.8, 4) is 0 Å². The molecule has 1 aromatic rings. The molecule has 0 aliphatic heterocycles. The van der Waals surface area contributed by atoms with Crippen LogP contribution in [-0.2, 0) is 6.54 Å². The zero-order valence-electron chi connectivity index (χ0n) is 10.0. The summed E-state index contributed by atoms with van der Waals surface area (Å²) < 4.78 is 0. The predicted octanol–water partition coefficient (Wildman–Crippen LogP) is 2.59. The summed E-state index contributed by atoms with van der Waals surface area (Å²) in [4.78, 5) is 3.64. The summed E-state index contributed by atoms with van der Waals surface area (Å²) in [5, 5.41) is 11.7. The molecule has 0 saturated heterocycles.